The number of benzene rings is 1. The quantitative estimate of drug-likeness (QED) is 0.357. The fourth-order valence-electron chi connectivity index (χ4n) is 1.76. The van der Waals surface area contributed by atoms with Gasteiger partial charge in [-0.05, 0) is 37.7 Å². The number of amides is 1. The van der Waals surface area contributed by atoms with Crippen LogP contribution in [0.4, 0.5) is 0 Å². The van der Waals surface area contributed by atoms with E-state index in [-0.39, 0.29) is 21.9 Å². The van der Waals surface area contributed by atoms with Crippen molar-refractivity contribution in [1.82, 2.24) is 5.32 Å². The lowest BCUT2D eigenvalue weighted by Crippen LogP contribution is -2.19. The number of thioether (sulfide) groups is 1. The summed E-state index contributed by atoms with van der Waals surface area (Å²) in [4.78, 5) is 23.0. The Hall–Kier alpha value is -2.81. The number of phenolic OH excluding ortho intramolecular Hbond substituents is 1. The lowest BCUT2D eigenvalue weighted by atomic mass is 10.2. The van der Waals surface area contributed by atoms with E-state index >= 15 is 0 Å². The molecule has 0 aromatic heterocycles. The van der Waals surface area contributed by atoms with Crippen LogP contribution in [0.5, 0.6) is 11.5 Å². The summed E-state index contributed by atoms with van der Waals surface area (Å²) in [5.74, 6) is -0.540. The zero-order valence-electron chi connectivity index (χ0n) is 13.8. The van der Waals surface area contributed by atoms with Gasteiger partial charge in [0.25, 0.3) is 5.91 Å². The molecule has 1 saturated heterocycles. The third kappa shape index (κ3) is 5.35. The first kappa shape index (κ1) is 18.5. The molecule has 1 aliphatic heterocycles. The van der Waals surface area contributed by atoms with Crippen molar-refractivity contribution in [3.63, 3.8) is 0 Å². The molecule has 1 fully saturated rings. The number of carbonyl (C=O) groups excluding carboxylic acids is 2. The highest BCUT2D eigenvalue weighted by atomic mass is 32.2. The summed E-state index contributed by atoms with van der Waals surface area (Å²) in [7, 11) is 1.22. The van der Waals surface area contributed by atoms with Gasteiger partial charge in [-0.2, -0.15) is 5.10 Å². The maximum Gasteiger partial charge on any atom is 0.331 e. The molecule has 1 amide bonds. The number of rotatable bonds is 5. The highest BCUT2D eigenvalue weighted by Gasteiger charge is 2.24. The van der Waals surface area contributed by atoms with Gasteiger partial charge in [0.05, 0.1) is 24.3 Å². The highest BCUT2D eigenvalue weighted by molar-refractivity contribution is 8.18. The van der Waals surface area contributed by atoms with E-state index in [1.807, 2.05) is 13.8 Å². The summed E-state index contributed by atoms with van der Waals surface area (Å²) in [6, 6.07) is 4.83. The van der Waals surface area contributed by atoms with E-state index in [0.717, 1.165) is 17.8 Å². The molecule has 1 heterocycles. The lowest BCUT2D eigenvalue weighted by Gasteiger charge is -2.10. The van der Waals surface area contributed by atoms with Crippen LogP contribution in [0.1, 0.15) is 19.4 Å². The molecule has 1 aromatic rings. The van der Waals surface area contributed by atoms with Crippen molar-refractivity contribution in [3.05, 3.63) is 34.7 Å². The minimum atomic E-state index is -0.629. The van der Waals surface area contributed by atoms with Crippen molar-refractivity contribution in [2.75, 3.05) is 7.11 Å². The third-order valence-electron chi connectivity index (χ3n) is 2.82. The Labute approximate surface area is 148 Å². The number of nitrogens with zero attached hydrogens (tertiary/aromatic N) is 2. The van der Waals surface area contributed by atoms with E-state index in [0.29, 0.717) is 11.3 Å². The van der Waals surface area contributed by atoms with Crippen molar-refractivity contribution >= 4 is 35.0 Å². The molecule has 0 spiro atoms. The second kappa shape index (κ2) is 8.34. The Morgan fingerprint density at radius 2 is 2.16 bits per heavy atom. The lowest BCUT2D eigenvalue weighted by molar-refractivity contribution is -0.135. The summed E-state index contributed by atoms with van der Waals surface area (Å²) in [5.41, 5.74) is 0.445. The molecule has 1 aromatic carbocycles. The van der Waals surface area contributed by atoms with E-state index in [4.69, 9.17) is 4.74 Å². The molecule has 25 heavy (non-hydrogen) atoms. The number of phenols is 1. The minimum Gasteiger partial charge on any atom is -0.507 e. The van der Waals surface area contributed by atoms with Crippen LogP contribution in [0, 0.1) is 0 Å². The minimum absolute atomic E-state index is 0.000519. The Kier molecular flexibility index (Phi) is 6.18. The van der Waals surface area contributed by atoms with Gasteiger partial charge in [0, 0.05) is 17.7 Å². The van der Waals surface area contributed by atoms with Crippen molar-refractivity contribution < 1.29 is 24.2 Å². The fourth-order valence-corrected chi connectivity index (χ4v) is 2.50. The molecule has 0 radical (unpaired) electrons. The van der Waals surface area contributed by atoms with Gasteiger partial charge in [-0.3, -0.25) is 10.1 Å². The van der Waals surface area contributed by atoms with Crippen LogP contribution in [0.15, 0.2) is 39.4 Å². The van der Waals surface area contributed by atoms with Gasteiger partial charge in [0.15, 0.2) is 5.17 Å². The number of ether oxygens (including phenoxy) is 2. The maximum atomic E-state index is 11.7. The first-order valence-corrected chi connectivity index (χ1v) is 8.10. The Balaban J connectivity index is 2.06. The van der Waals surface area contributed by atoms with E-state index in [1.165, 1.54) is 19.4 Å². The summed E-state index contributed by atoms with van der Waals surface area (Å²) >= 11 is 0.964. The molecule has 0 unspecified atom stereocenters. The van der Waals surface area contributed by atoms with Crippen LogP contribution in [0.2, 0.25) is 0 Å². The molecule has 8 nitrogen and oxygen atoms in total. The van der Waals surface area contributed by atoms with E-state index < -0.39 is 11.9 Å². The molecule has 0 bridgehead atoms. The second-order valence-corrected chi connectivity index (χ2v) is 6.16. The predicted molar refractivity (Wildman–Crippen MR) is 94.7 cm³/mol. The first-order chi connectivity index (χ1) is 11.9. The monoisotopic (exact) mass is 363 g/mol. The van der Waals surface area contributed by atoms with Crippen molar-refractivity contribution in [2.45, 2.75) is 20.0 Å². The van der Waals surface area contributed by atoms with Crippen LogP contribution < -0.4 is 10.1 Å². The van der Waals surface area contributed by atoms with Gasteiger partial charge in [0.2, 0.25) is 0 Å². The van der Waals surface area contributed by atoms with Gasteiger partial charge >= 0.3 is 5.97 Å². The normalized spacial score (nSPS) is 17.5. The maximum absolute atomic E-state index is 11.7. The van der Waals surface area contributed by atoms with Crippen molar-refractivity contribution in [3.8, 4) is 11.5 Å². The first-order valence-electron chi connectivity index (χ1n) is 7.28. The largest absolute Gasteiger partial charge is 0.507 e. The summed E-state index contributed by atoms with van der Waals surface area (Å²) in [5, 5.41) is 20.3. The van der Waals surface area contributed by atoms with E-state index in [9.17, 15) is 14.7 Å². The molecule has 132 valence electrons. The van der Waals surface area contributed by atoms with E-state index in [2.05, 4.69) is 20.3 Å². The zero-order chi connectivity index (χ0) is 18.4. The predicted octanol–water partition coefficient (Wildman–Crippen LogP) is 1.79. The van der Waals surface area contributed by atoms with Crippen LogP contribution in [-0.4, -0.2) is 41.6 Å². The average molecular weight is 363 g/mol. The highest BCUT2D eigenvalue weighted by Crippen LogP contribution is 2.24. The number of aromatic hydroxyl groups is 1. The number of amidine groups is 1. The summed E-state index contributed by atoms with van der Waals surface area (Å²) < 4.78 is 9.94. The topological polar surface area (TPSA) is 110 Å². The van der Waals surface area contributed by atoms with E-state index in [1.54, 1.807) is 12.1 Å². The molecule has 1 aliphatic rings. The number of carbonyl (C=O) groups is 2. The zero-order valence-corrected chi connectivity index (χ0v) is 14.7. The molecule has 2 N–H and O–H groups in total. The molecular formula is C16H17N3O5S. The number of nitrogens with one attached hydrogen (secondary N) is 1. The SMILES string of the molecule is COC(=O)/C=C1/S/C(=N\N=Cc2ccc(OC(C)C)cc2O)NC1=O. The van der Waals surface area contributed by atoms with Gasteiger partial charge in [-0.25, -0.2) is 4.79 Å². The Bertz CT molecular complexity index is 771. The molecule has 0 saturated carbocycles. The number of hydrogen-bond donors (Lipinski definition) is 2. The van der Waals surface area contributed by atoms with Gasteiger partial charge in [-0.1, -0.05) is 0 Å². The summed E-state index contributed by atoms with van der Waals surface area (Å²) in [6.45, 7) is 3.78. The Morgan fingerprint density at radius 3 is 2.80 bits per heavy atom. The number of esters is 1. The number of methoxy groups -OCH3 is 1. The molecular weight excluding hydrogens is 346 g/mol. The smallest absolute Gasteiger partial charge is 0.331 e. The van der Waals surface area contributed by atoms with Crippen molar-refractivity contribution in [1.29, 1.82) is 0 Å². The van der Waals surface area contributed by atoms with Gasteiger partial charge < -0.3 is 14.6 Å². The second-order valence-electron chi connectivity index (χ2n) is 5.12. The molecule has 0 atom stereocenters. The van der Waals surface area contributed by atoms with Crippen LogP contribution in [0.3, 0.4) is 0 Å². The van der Waals surface area contributed by atoms with Crippen molar-refractivity contribution in [2.24, 2.45) is 10.2 Å². The Morgan fingerprint density at radius 1 is 1.40 bits per heavy atom. The van der Waals surface area contributed by atoms with Crippen LogP contribution >= 0.6 is 11.8 Å². The molecule has 2 rings (SSSR count). The van der Waals surface area contributed by atoms with Gasteiger partial charge in [0.1, 0.15) is 11.5 Å². The fraction of sp³-hybridized carbons (Fsp3) is 0.250. The van der Waals surface area contributed by atoms with Crippen LogP contribution in [-0.2, 0) is 14.3 Å². The molecule has 9 heteroatoms. The van der Waals surface area contributed by atoms with Gasteiger partial charge in [-0.15, -0.1) is 5.10 Å². The third-order valence-corrected chi connectivity index (χ3v) is 3.72. The molecule has 0 aliphatic carbocycles. The van der Waals surface area contributed by atoms with Crippen LogP contribution in [0.25, 0.3) is 0 Å². The average Bonchev–Trinajstić information content (AvgIpc) is 2.88. The number of hydrogen-bond acceptors (Lipinski definition) is 8. The summed E-state index contributed by atoms with van der Waals surface area (Å²) in [6.07, 6.45) is 2.42. The standard InChI is InChI=1S/C16H17N3O5S/c1-9(2)24-11-5-4-10(12(20)6-11)8-17-19-16-18-15(22)13(25-16)7-14(21)23-3/h4-9,20H,1-3H3,(H,18,19,22)/b13-7+,17-8?.